The van der Waals surface area contributed by atoms with E-state index >= 15 is 0 Å². The van der Waals surface area contributed by atoms with Gasteiger partial charge in [-0.3, -0.25) is 0 Å². The molecule has 0 spiro atoms. The molecule has 0 saturated carbocycles. The third kappa shape index (κ3) is 5.54. The van der Waals surface area contributed by atoms with Crippen LogP contribution in [-0.2, 0) is 6.42 Å². The molecule has 0 aliphatic carbocycles. The Balaban J connectivity index is 2.52. The van der Waals surface area contributed by atoms with E-state index in [0.717, 1.165) is 5.56 Å². The average Bonchev–Trinajstić information content (AvgIpc) is 2.28. The molecule has 1 aromatic rings. The SMILES string of the molecule is CCC(O)(CCCC(F)(F)F)Cc1ccccc1. The predicted molar refractivity (Wildman–Crippen MR) is 65.3 cm³/mol. The lowest BCUT2D eigenvalue weighted by atomic mass is 9.87. The summed E-state index contributed by atoms with van der Waals surface area (Å²) in [6.07, 6.45) is -3.95. The fourth-order valence-electron chi connectivity index (χ4n) is 1.98. The second kappa shape index (κ2) is 6.23. The van der Waals surface area contributed by atoms with E-state index in [0.29, 0.717) is 12.8 Å². The molecular formula is C14H19F3O. The first-order chi connectivity index (χ1) is 8.35. The molecule has 0 saturated heterocycles. The van der Waals surface area contributed by atoms with Crippen LogP contribution in [0.15, 0.2) is 30.3 Å². The van der Waals surface area contributed by atoms with Crippen molar-refractivity contribution >= 4 is 0 Å². The molecule has 4 heteroatoms. The fraction of sp³-hybridized carbons (Fsp3) is 0.571. The van der Waals surface area contributed by atoms with Crippen molar-refractivity contribution in [3.05, 3.63) is 35.9 Å². The number of benzene rings is 1. The molecule has 0 fully saturated rings. The van der Waals surface area contributed by atoms with Crippen LogP contribution in [0.4, 0.5) is 13.2 Å². The summed E-state index contributed by atoms with van der Waals surface area (Å²) < 4.78 is 36.2. The number of rotatable bonds is 6. The van der Waals surface area contributed by atoms with Crippen molar-refractivity contribution in [3.8, 4) is 0 Å². The maximum Gasteiger partial charge on any atom is 0.389 e. The summed E-state index contributed by atoms with van der Waals surface area (Å²) in [4.78, 5) is 0. The summed E-state index contributed by atoms with van der Waals surface area (Å²) in [5.74, 6) is 0. The Labute approximate surface area is 106 Å². The summed E-state index contributed by atoms with van der Waals surface area (Å²) in [5, 5.41) is 10.3. The van der Waals surface area contributed by atoms with Gasteiger partial charge in [0.2, 0.25) is 0 Å². The predicted octanol–water partition coefficient (Wildman–Crippen LogP) is 4.10. The summed E-state index contributed by atoms with van der Waals surface area (Å²) in [7, 11) is 0. The van der Waals surface area contributed by atoms with Gasteiger partial charge in [0.05, 0.1) is 5.60 Å². The minimum atomic E-state index is -4.14. The van der Waals surface area contributed by atoms with Gasteiger partial charge in [-0.25, -0.2) is 0 Å². The number of alkyl halides is 3. The monoisotopic (exact) mass is 260 g/mol. The van der Waals surface area contributed by atoms with Crippen LogP contribution in [0.2, 0.25) is 0 Å². The van der Waals surface area contributed by atoms with Crippen LogP contribution in [-0.4, -0.2) is 16.9 Å². The normalized spacial score (nSPS) is 15.4. The van der Waals surface area contributed by atoms with Gasteiger partial charge in [-0.05, 0) is 24.8 Å². The fourth-order valence-corrected chi connectivity index (χ4v) is 1.98. The van der Waals surface area contributed by atoms with E-state index in [-0.39, 0.29) is 12.8 Å². The standard InChI is InChI=1S/C14H19F3O/c1-2-13(18,9-6-10-14(15,16)17)11-12-7-4-3-5-8-12/h3-5,7-8,18H,2,6,9-11H2,1H3. The Kier molecular flexibility index (Phi) is 5.20. The highest BCUT2D eigenvalue weighted by Crippen LogP contribution is 2.28. The average molecular weight is 260 g/mol. The summed E-state index contributed by atoms with van der Waals surface area (Å²) in [6.45, 7) is 1.80. The lowest BCUT2D eigenvalue weighted by molar-refractivity contribution is -0.138. The van der Waals surface area contributed by atoms with Crippen molar-refractivity contribution in [1.29, 1.82) is 0 Å². The van der Waals surface area contributed by atoms with E-state index in [9.17, 15) is 18.3 Å². The Bertz CT molecular complexity index is 348. The third-order valence-electron chi connectivity index (χ3n) is 3.14. The highest BCUT2D eigenvalue weighted by Gasteiger charge is 2.30. The third-order valence-corrected chi connectivity index (χ3v) is 3.14. The van der Waals surface area contributed by atoms with Gasteiger partial charge >= 0.3 is 6.18 Å². The van der Waals surface area contributed by atoms with Crippen LogP contribution in [0, 0.1) is 0 Å². The molecule has 0 aliphatic heterocycles. The zero-order chi connectivity index (χ0) is 13.6. The van der Waals surface area contributed by atoms with Gasteiger partial charge in [-0.15, -0.1) is 0 Å². The van der Waals surface area contributed by atoms with Gasteiger partial charge in [0, 0.05) is 12.8 Å². The van der Waals surface area contributed by atoms with Crippen molar-refractivity contribution < 1.29 is 18.3 Å². The minimum absolute atomic E-state index is 0.0271. The van der Waals surface area contributed by atoms with Crippen molar-refractivity contribution in [1.82, 2.24) is 0 Å². The first-order valence-electron chi connectivity index (χ1n) is 6.18. The first-order valence-corrected chi connectivity index (χ1v) is 6.18. The molecule has 0 aromatic heterocycles. The number of aliphatic hydroxyl groups is 1. The molecule has 0 bridgehead atoms. The second-order valence-electron chi connectivity index (χ2n) is 4.71. The van der Waals surface area contributed by atoms with Gasteiger partial charge in [-0.1, -0.05) is 37.3 Å². The molecule has 0 aliphatic rings. The minimum Gasteiger partial charge on any atom is -0.390 e. The van der Waals surface area contributed by atoms with Crippen LogP contribution in [0.25, 0.3) is 0 Å². The van der Waals surface area contributed by atoms with E-state index in [4.69, 9.17) is 0 Å². The second-order valence-corrected chi connectivity index (χ2v) is 4.71. The van der Waals surface area contributed by atoms with Crippen LogP contribution in [0.5, 0.6) is 0 Å². The maximum atomic E-state index is 12.1. The van der Waals surface area contributed by atoms with Crippen molar-refractivity contribution in [3.63, 3.8) is 0 Å². The summed E-state index contributed by atoms with van der Waals surface area (Å²) in [5.41, 5.74) is -0.0825. The van der Waals surface area contributed by atoms with Crippen LogP contribution in [0.3, 0.4) is 0 Å². The van der Waals surface area contributed by atoms with E-state index in [1.54, 1.807) is 6.92 Å². The van der Waals surface area contributed by atoms with E-state index in [1.165, 1.54) is 0 Å². The van der Waals surface area contributed by atoms with Crippen molar-refractivity contribution in [2.45, 2.75) is 50.8 Å². The van der Waals surface area contributed by atoms with Gasteiger partial charge < -0.3 is 5.11 Å². The van der Waals surface area contributed by atoms with Crippen molar-refractivity contribution in [2.75, 3.05) is 0 Å². The number of hydrogen-bond acceptors (Lipinski definition) is 1. The lowest BCUT2D eigenvalue weighted by Gasteiger charge is -2.27. The van der Waals surface area contributed by atoms with Crippen molar-refractivity contribution in [2.24, 2.45) is 0 Å². The first kappa shape index (κ1) is 15.0. The van der Waals surface area contributed by atoms with E-state index < -0.39 is 18.2 Å². The Morgan fingerprint density at radius 3 is 2.17 bits per heavy atom. The van der Waals surface area contributed by atoms with Gasteiger partial charge in [0.15, 0.2) is 0 Å². The topological polar surface area (TPSA) is 20.2 Å². The zero-order valence-corrected chi connectivity index (χ0v) is 10.5. The highest BCUT2D eigenvalue weighted by atomic mass is 19.4. The summed E-state index contributed by atoms with van der Waals surface area (Å²) in [6, 6.07) is 9.36. The highest BCUT2D eigenvalue weighted by molar-refractivity contribution is 5.16. The van der Waals surface area contributed by atoms with Crippen LogP contribution < -0.4 is 0 Å². The quantitative estimate of drug-likeness (QED) is 0.816. The van der Waals surface area contributed by atoms with E-state index in [1.807, 2.05) is 30.3 Å². The summed E-state index contributed by atoms with van der Waals surface area (Å²) >= 11 is 0. The van der Waals surface area contributed by atoms with Gasteiger partial charge in [0.25, 0.3) is 0 Å². The molecule has 18 heavy (non-hydrogen) atoms. The molecule has 1 unspecified atom stereocenters. The Morgan fingerprint density at radius 2 is 1.67 bits per heavy atom. The van der Waals surface area contributed by atoms with Crippen LogP contribution >= 0.6 is 0 Å². The number of halogens is 3. The molecule has 1 atom stereocenters. The molecule has 102 valence electrons. The van der Waals surface area contributed by atoms with Gasteiger partial charge in [-0.2, -0.15) is 13.2 Å². The Hall–Kier alpha value is -1.03. The zero-order valence-electron chi connectivity index (χ0n) is 10.5. The molecule has 1 N–H and O–H groups in total. The molecule has 0 radical (unpaired) electrons. The van der Waals surface area contributed by atoms with Gasteiger partial charge in [0.1, 0.15) is 0 Å². The molecular weight excluding hydrogens is 241 g/mol. The molecule has 0 amide bonds. The maximum absolute atomic E-state index is 12.1. The molecule has 0 heterocycles. The smallest absolute Gasteiger partial charge is 0.389 e. The molecule has 1 aromatic carbocycles. The van der Waals surface area contributed by atoms with E-state index in [2.05, 4.69) is 0 Å². The Morgan fingerprint density at radius 1 is 1.06 bits per heavy atom. The number of hydrogen-bond donors (Lipinski definition) is 1. The molecule has 1 nitrogen and oxygen atoms in total. The largest absolute Gasteiger partial charge is 0.390 e. The lowest BCUT2D eigenvalue weighted by Crippen LogP contribution is -2.31. The molecule has 1 rings (SSSR count). The van der Waals surface area contributed by atoms with Crippen LogP contribution in [0.1, 0.15) is 38.2 Å².